The molecule has 3 aromatic rings. The fourth-order valence-corrected chi connectivity index (χ4v) is 2.84. The molecular weight excluding hydrogens is 276 g/mol. The number of nitrogens with zero attached hydrogens (tertiary/aromatic N) is 4. The van der Waals surface area contributed by atoms with Crippen LogP contribution in [0.4, 0.5) is 5.13 Å². The van der Waals surface area contributed by atoms with Gasteiger partial charge in [0.15, 0.2) is 0 Å². The van der Waals surface area contributed by atoms with Gasteiger partial charge in [-0.15, -0.1) is 5.10 Å². The summed E-state index contributed by atoms with van der Waals surface area (Å²) in [7, 11) is 0. The van der Waals surface area contributed by atoms with Gasteiger partial charge in [-0.05, 0) is 20.8 Å². The third-order valence-corrected chi connectivity index (χ3v) is 3.94. The molecule has 3 aromatic heterocycles. The molecule has 0 aromatic carbocycles. The Hall–Kier alpha value is -2.22. The summed E-state index contributed by atoms with van der Waals surface area (Å²) in [5, 5.41) is 15.2. The highest BCUT2D eigenvalue weighted by molar-refractivity contribution is 7.20. The first-order valence-corrected chi connectivity index (χ1v) is 6.98. The Morgan fingerprint density at radius 3 is 2.90 bits per heavy atom. The molecule has 0 unspecified atom stereocenters. The van der Waals surface area contributed by atoms with Gasteiger partial charge in [0.05, 0.1) is 5.69 Å². The number of aromatic nitrogens is 5. The van der Waals surface area contributed by atoms with Crippen LogP contribution in [0.1, 0.15) is 22.6 Å². The highest BCUT2D eigenvalue weighted by Crippen LogP contribution is 2.18. The van der Waals surface area contributed by atoms with Gasteiger partial charge in [-0.3, -0.25) is 9.89 Å². The summed E-state index contributed by atoms with van der Waals surface area (Å²) >= 11 is 1.36. The van der Waals surface area contributed by atoms with Crippen molar-refractivity contribution in [1.82, 2.24) is 24.8 Å². The zero-order valence-corrected chi connectivity index (χ0v) is 12.2. The van der Waals surface area contributed by atoms with Crippen LogP contribution < -0.4 is 10.9 Å². The van der Waals surface area contributed by atoms with Crippen molar-refractivity contribution in [2.75, 3.05) is 5.32 Å². The zero-order chi connectivity index (χ0) is 14.3. The first-order valence-electron chi connectivity index (χ1n) is 6.16. The van der Waals surface area contributed by atoms with Crippen molar-refractivity contribution in [1.29, 1.82) is 0 Å². The minimum Gasteiger partial charge on any atom is -0.356 e. The molecule has 104 valence electrons. The monoisotopic (exact) mass is 290 g/mol. The van der Waals surface area contributed by atoms with Crippen molar-refractivity contribution in [3.8, 4) is 0 Å². The summed E-state index contributed by atoms with van der Waals surface area (Å²) in [4.78, 5) is 16.7. The molecule has 20 heavy (non-hydrogen) atoms. The van der Waals surface area contributed by atoms with Gasteiger partial charge < -0.3 is 5.32 Å². The lowest BCUT2D eigenvalue weighted by Crippen LogP contribution is -2.14. The predicted octanol–water partition coefficient (Wildman–Crippen LogP) is 1.41. The summed E-state index contributed by atoms with van der Waals surface area (Å²) in [6, 6.07) is 1.47. The molecule has 8 heteroatoms. The lowest BCUT2D eigenvalue weighted by Gasteiger charge is -2.01. The molecule has 0 aliphatic rings. The number of aromatic amines is 1. The molecule has 0 aliphatic carbocycles. The second kappa shape index (κ2) is 4.71. The molecular formula is C12H14N6OS. The first kappa shape index (κ1) is 12.8. The lowest BCUT2D eigenvalue weighted by molar-refractivity contribution is 0.886. The van der Waals surface area contributed by atoms with E-state index >= 15 is 0 Å². The fourth-order valence-electron chi connectivity index (χ4n) is 1.99. The van der Waals surface area contributed by atoms with Crippen LogP contribution in [0.3, 0.4) is 0 Å². The summed E-state index contributed by atoms with van der Waals surface area (Å²) < 4.78 is 1.31. The smallest absolute Gasteiger partial charge is 0.275 e. The number of H-pyrrole nitrogens is 1. The van der Waals surface area contributed by atoms with Crippen molar-refractivity contribution in [2.24, 2.45) is 0 Å². The molecule has 0 amide bonds. The first-order chi connectivity index (χ1) is 9.54. The van der Waals surface area contributed by atoms with E-state index in [9.17, 15) is 4.79 Å². The second-order valence-corrected chi connectivity index (χ2v) is 5.56. The van der Waals surface area contributed by atoms with Crippen LogP contribution in [0, 0.1) is 20.8 Å². The molecule has 0 fully saturated rings. The average Bonchev–Trinajstić information content (AvgIpc) is 2.92. The van der Waals surface area contributed by atoms with Crippen LogP contribution in [0.5, 0.6) is 0 Å². The Bertz CT molecular complexity index is 811. The Morgan fingerprint density at radius 2 is 2.20 bits per heavy atom. The van der Waals surface area contributed by atoms with Gasteiger partial charge >= 0.3 is 0 Å². The van der Waals surface area contributed by atoms with E-state index in [1.807, 2.05) is 13.8 Å². The Labute approximate surface area is 118 Å². The number of hydrogen-bond acceptors (Lipinski definition) is 6. The van der Waals surface area contributed by atoms with Gasteiger partial charge in [-0.25, -0.2) is 4.98 Å². The van der Waals surface area contributed by atoms with Gasteiger partial charge in [0.25, 0.3) is 5.56 Å². The molecule has 0 radical (unpaired) electrons. The minimum atomic E-state index is -0.160. The summed E-state index contributed by atoms with van der Waals surface area (Å²) in [6.45, 7) is 6.34. The fraction of sp³-hybridized carbons (Fsp3) is 0.333. The topological polar surface area (TPSA) is 88.0 Å². The van der Waals surface area contributed by atoms with E-state index in [0.29, 0.717) is 22.3 Å². The number of nitrogens with one attached hydrogen (secondary N) is 2. The Kier molecular flexibility index (Phi) is 3.01. The number of hydrogen-bond donors (Lipinski definition) is 2. The highest BCUT2D eigenvalue weighted by Gasteiger charge is 2.10. The molecule has 0 aliphatic heterocycles. The van der Waals surface area contributed by atoms with Crippen LogP contribution >= 0.6 is 11.3 Å². The van der Waals surface area contributed by atoms with Gasteiger partial charge in [-0.2, -0.15) is 9.61 Å². The van der Waals surface area contributed by atoms with Crippen molar-refractivity contribution in [3.05, 3.63) is 39.1 Å². The third-order valence-electron chi connectivity index (χ3n) is 3.07. The quantitative estimate of drug-likeness (QED) is 0.761. The third kappa shape index (κ3) is 2.18. The van der Waals surface area contributed by atoms with E-state index in [2.05, 4.69) is 25.6 Å². The van der Waals surface area contributed by atoms with E-state index in [0.717, 1.165) is 17.0 Å². The largest absolute Gasteiger partial charge is 0.356 e. The molecule has 7 nitrogen and oxygen atoms in total. The number of fused-ring (bicyclic) bond motifs is 1. The average molecular weight is 290 g/mol. The van der Waals surface area contributed by atoms with Gasteiger partial charge in [-0.1, -0.05) is 11.3 Å². The zero-order valence-electron chi connectivity index (χ0n) is 11.4. The van der Waals surface area contributed by atoms with Crippen LogP contribution in [0.15, 0.2) is 10.9 Å². The van der Waals surface area contributed by atoms with Crippen molar-refractivity contribution in [2.45, 2.75) is 27.3 Å². The molecule has 0 saturated heterocycles. The van der Waals surface area contributed by atoms with Crippen molar-refractivity contribution < 1.29 is 0 Å². The number of rotatable bonds is 3. The highest BCUT2D eigenvalue weighted by atomic mass is 32.1. The van der Waals surface area contributed by atoms with Crippen LogP contribution in [0.25, 0.3) is 4.96 Å². The molecule has 3 heterocycles. The van der Waals surface area contributed by atoms with E-state index in [-0.39, 0.29) is 5.56 Å². The Morgan fingerprint density at radius 1 is 1.40 bits per heavy atom. The van der Waals surface area contributed by atoms with Crippen molar-refractivity contribution >= 4 is 21.4 Å². The Balaban J connectivity index is 1.89. The number of anilines is 1. The number of aryl methyl sites for hydroxylation is 3. The summed E-state index contributed by atoms with van der Waals surface area (Å²) in [6.07, 6.45) is 0. The molecule has 0 bridgehead atoms. The molecule has 0 atom stereocenters. The van der Waals surface area contributed by atoms with Crippen LogP contribution in [0.2, 0.25) is 0 Å². The predicted molar refractivity (Wildman–Crippen MR) is 77.3 cm³/mol. The van der Waals surface area contributed by atoms with E-state index in [4.69, 9.17) is 0 Å². The molecule has 0 spiro atoms. The molecule has 0 saturated carbocycles. The standard InChI is InChI=1S/C12H14N6OS/c1-6-4-10(19)18-12(14-6)20-11(17-18)13-5-9-7(2)15-16-8(9)3/h4H,5H2,1-3H3,(H,13,17)(H,15,16). The molecule has 2 N–H and O–H groups in total. The maximum absolute atomic E-state index is 11.8. The van der Waals surface area contributed by atoms with Gasteiger partial charge in [0.2, 0.25) is 10.1 Å². The maximum Gasteiger partial charge on any atom is 0.275 e. The van der Waals surface area contributed by atoms with Gasteiger partial charge in [0.1, 0.15) is 0 Å². The maximum atomic E-state index is 11.8. The lowest BCUT2D eigenvalue weighted by atomic mass is 10.2. The van der Waals surface area contributed by atoms with E-state index in [1.54, 1.807) is 6.92 Å². The SMILES string of the molecule is Cc1cc(=O)n2nc(NCc3c(C)n[nH]c3C)sc2n1. The molecule has 3 rings (SSSR count). The normalized spacial score (nSPS) is 11.2. The van der Waals surface area contributed by atoms with Crippen LogP contribution in [-0.2, 0) is 6.54 Å². The second-order valence-electron chi connectivity index (χ2n) is 4.60. The van der Waals surface area contributed by atoms with Crippen LogP contribution in [-0.4, -0.2) is 24.8 Å². The van der Waals surface area contributed by atoms with E-state index < -0.39 is 0 Å². The van der Waals surface area contributed by atoms with E-state index in [1.165, 1.54) is 21.9 Å². The summed E-state index contributed by atoms with van der Waals surface area (Å²) in [5.41, 5.74) is 3.64. The van der Waals surface area contributed by atoms with Crippen molar-refractivity contribution in [3.63, 3.8) is 0 Å². The van der Waals surface area contributed by atoms with Gasteiger partial charge in [0, 0.05) is 29.6 Å². The summed E-state index contributed by atoms with van der Waals surface area (Å²) in [5.74, 6) is 0. The minimum absolute atomic E-state index is 0.160.